The molecule has 6 saturated heterocycles. The average molecular weight is 697 g/mol. The zero-order valence-corrected chi connectivity index (χ0v) is 31.3. The van der Waals surface area contributed by atoms with Gasteiger partial charge in [-0.1, -0.05) is 27.7 Å². The molecule has 16 atom stereocenters. The van der Waals surface area contributed by atoms with Crippen LogP contribution in [0.5, 0.6) is 0 Å². The fraction of sp³-hybridized carbons (Fsp3) is 1.00. The average Bonchev–Trinajstić information content (AvgIpc) is 3.43. The van der Waals surface area contributed by atoms with E-state index in [0.29, 0.717) is 48.3 Å². The second-order valence-corrected chi connectivity index (χ2v) is 19.7. The maximum atomic E-state index is 13.7. The minimum absolute atomic E-state index is 0.00863. The van der Waals surface area contributed by atoms with Crippen LogP contribution in [0.4, 0.5) is 0 Å². The van der Waals surface area contributed by atoms with Gasteiger partial charge in [0.1, 0.15) is 22.4 Å². The fourth-order valence-corrected chi connectivity index (χ4v) is 13.4. The number of phosphoric ester groups is 1. The van der Waals surface area contributed by atoms with Crippen LogP contribution in [0.25, 0.3) is 0 Å². The zero-order chi connectivity index (χ0) is 33.7. The number of hydrogen-bond acceptors (Lipinski definition) is 10. The van der Waals surface area contributed by atoms with Crippen LogP contribution in [0.2, 0.25) is 0 Å². The largest absolute Gasteiger partial charge is 0.474 e. The lowest BCUT2D eigenvalue weighted by Gasteiger charge is -2.61. The van der Waals surface area contributed by atoms with Gasteiger partial charge in [-0.25, -0.2) is 24.1 Å². The van der Waals surface area contributed by atoms with Gasteiger partial charge in [-0.05, 0) is 125 Å². The van der Waals surface area contributed by atoms with Crippen molar-refractivity contribution < 1.29 is 47.2 Å². The van der Waals surface area contributed by atoms with E-state index < -0.39 is 7.82 Å². The molecule has 10 nitrogen and oxygen atoms in total. The van der Waals surface area contributed by atoms with Crippen LogP contribution >= 0.6 is 7.82 Å². The Morgan fingerprint density at radius 3 is 1.48 bits per heavy atom. The Labute approximate surface area is 287 Å². The first-order chi connectivity index (χ1) is 22.9. The molecule has 4 bridgehead atoms. The van der Waals surface area contributed by atoms with Crippen molar-refractivity contribution in [3.63, 3.8) is 0 Å². The Morgan fingerprint density at radius 2 is 1.06 bits per heavy atom. The maximum Gasteiger partial charge on any atom is 0.474 e. The minimum Gasteiger partial charge on any atom is -0.371 e. The van der Waals surface area contributed by atoms with Crippen molar-refractivity contribution in [2.24, 2.45) is 47.3 Å². The van der Waals surface area contributed by atoms with E-state index in [1.165, 1.54) is 20.0 Å². The molecule has 0 aromatic rings. The third-order valence-electron chi connectivity index (χ3n) is 15.2. The highest BCUT2D eigenvalue weighted by molar-refractivity contribution is 7.48. The fourth-order valence-electron chi connectivity index (χ4n) is 12.4. The highest BCUT2D eigenvalue weighted by Gasteiger charge is 2.69. The molecule has 0 aromatic carbocycles. The zero-order valence-electron chi connectivity index (χ0n) is 30.4. The van der Waals surface area contributed by atoms with E-state index in [2.05, 4.69) is 41.5 Å². The molecule has 0 amide bonds. The normalized spacial score (nSPS) is 54.2. The van der Waals surface area contributed by atoms with E-state index in [9.17, 15) is 4.57 Å². The van der Waals surface area contributed by atoms with Gasteiger partial charge in [0, 0.05) is 20.0 Å². The summed E-state index contributed by atoms with van der Waals surface area (Å²) < 4.78 is 44.7. The quantitative estimate of drug-likeness (QED) is 0.174. The smallest absolute Gasteiger partial charge is 0.371 e. The van der Waals surface area contributed by atoms with Crippen LogP contribution in [0.15, 0.2) is 0 Å². The van der Waals surface area contributed by atoms with Crippen LogP contribution < -0.4 is 0 Å². The minimum atomic E-state index is -3.75. The van der Waals surface area contributed by atoms with Gasteiger partial charge in [0.05, 0.1) is 37.6 Å². The SMILES string of the molecule is COP(=O)(OCC[C@H]1O[C@@H]2C[C@]3(C)CC[C@H]4[C@H](C)CC[C@@H]([C@H]1C)[C@@]24OO3)OCC[C@H]1O[C@@H]2C[C@]3(C)CC[C@H]4[C@H](C)CC[C@@H]([C@H]1C)[C@@]24OO3. The second kappa shape index (κ2) is 12.5. The Bertz CT molecular complexity index is 1160. The molecule has 6 heterocycles. The first kappa shape index (κ1) is 34.9. The van der Waals surface area contributed by atoms with E-state index in [1.54, 1.807) is 0 Å². The molecular weight excluding hydrogens is 635 g/mol. The van der Waals surface area contributed by atoms with Crippen molar-refractivity contribution in [1.29, 1.82) is 0 Å². The highest BCUT2D eigenvalue weighted by atomic mass is 31.2. The molecule has 4 aliphatic carbocycles. The summed E-state index contributed by atoms with van der Waals surface area (Å²) in [5, 5.41) is 0. The van der Waals surface area contributed by atoms with Gasteiger partial charge in [-0.3, -0.25) is 13.6 Å². The van der Waals surface area contributed by atoms with Gasteiger partial charge in [-0.2, -0.15) is 0 Å². The number of hydrogen-bond donors (Lipinski definition) is 0. The second-order valence-electron chi connectivity index (χ2n) is 17.9. The predicted molar refractivity (Wildman–Crippen MR) is 176 cm³/mol. The molecule has 0 aromatic heterocycles. The molecule has 10 rings (SSSR count). The van der Waals surface area contributed by atoms with Gasteiger partial charge in [0.2, 0.25) is 0 Å². The summed E-state index contributed by atoms with van der Waals surface area (Å²) in [5.74, 6) is 3.31. The monoisotopic (exact) mass is 696 g/mol. The molecule has 0 unspecified atom stereocenters. The Balaban J connectivity index is 0.882. The van der Waals surface area contributed by atoms with E-state index in [4.69, 9.17) is 42.6 Å². The van der Waals surface area contributed by atoms with Crippen molar-refractivity contribution in [2.45, 2.75) is 165 Å². The lowest BCUT2D eigenvalue weighted by Crippen LogP contribution is -2.69. The van der Waals surface area contributed by atoms with Gasteiger partial charge in [0.15, 0.2) is 0 Å². The number of ether oxygens (including phenoxy) is 2. The molecule has 0 N–H and O–H groups in total. The molecule has 274 valence electrons. The van der Waals surface area contributed by atoms with Crippen molar-refractivity contribution in [3.8, 4) is 0 Å². The summed E-state index contributed by atoms with van der Waals surface area (Å²) in [6, 6.07) is 0. The van der Waals surface area contributed by atoms with Gasteiger partial charge >= 0.3 is 7.82 Å². The third kappa shape index (κ3) is 5.39. The van der Waals surface area contributed by atoms with Gasteiger partial charge < -0.3 is 9.47 Å². The number of phosphoric acid groups is 1. The molecule has 4 saturated carbocycles. The topological polar surface area (TPSA) is 100 Å². The molecule has 10 aliphatic rings. The Hall–Kier alpha value is -0.130. The van der Waals surface area contributed by atoms with E-state index >= 15 is 0 Å². The first-order valence-electron chi connectivity index (χ1n) is 19.3. The van der Waals surface area contributed by atoms with E-state index in [1.807, 2.05) is 0 Å². The molecule has 11 heteroatoms. The summed E-state index contributed by atoms with van der Waals surface area (Å²) in [4.78, 5) is 25.1. The van der Waals surface area contributed by atoms with E-state index in [0.717, 1.165) is 51.4 Å². The molecular formula is C37H61O10P. The number of rotatable bonds is 9. The number of fused-ring (bicyclic) bond motifs is 4. The highest BCUT2D eigenvalue weighted by Crippen LogP contribution is 2.63. The maximum absolute atomic E-state index is 13.7. The van der Waals surface area contributed by atoms with Gasteiger partial charge in [0.25, 0.3) is 0 Å². The summed E-state index contributed by atoms with van der Waals surface area (Å²) >= 11 is 0. The summed E-state index contributed by atoms with van der Waals surface area (Å²) in [7, 11) is -2.35. The van der Waals surface area contributed by atoms with Crippen LogP contribution in [0, 0.1) is 47.3 Å². The standard InChI is InChI=1S/C37H61O10P/c1-22-8-10-28-24(3)30(42-32-20-34(5)16-12-26(22)36(28,32)46-44-34)14-18-40-48(38,39-7)41-19-15-31-25(4)29-11-9-23(2)27-13-17-35(6)21-33(43-31)37(27,29)47-45-35/h22-33H,8-21H2,1-7H3/t22-,23-,24-,25-,26+,27+,28+,29+,30-,31-,32-,33-,34+,35+,36-,37-/m1/s1. The Morgan fingerprint density at radius 1 is 0.625 bits per heavy atom. The predicted octanol–water partition coefficient (Wildman–Crippen LogP) is 7.97. The lowest BCUT2D eigenvalue weighted by atomic mass is 9.56. The van der Waals surface area contributed by atoms with Crippen molar-refractivity contribution >= 4 is 7.82 Å². The molecule has 0 radical (unpaired) electrons. The van der Waals surface area contributed by atoms with Crippen molar-refractivity contribution in [1.82, 2.24) is 0 Å². The molecule has 10 fully saturated rings. The van der Waals surface area contributed by atoms with Crippen molar-refractivity contribution in [3.05, 3.63) is 0 Å². The lowest BCUT2D eigenvalue weighted by molar-refractivity contribution is -0.487. The summed E-state index contributed by atoms with van der Waals surface area (Å²) in [6.45, 7) is 14.1. The van der Waals surface area contributed by atoms with Crippen LogP contribution in [0.1, 0.15) is 119 Å². The van der Waals surface area contributed by atoms with Crippen LogP contribution in [0.3, 0.4) is 0 Å². The molecule has 48 heavy (non-hydrogen) atoms. The summed E-state index contributed by atoms with van der Waals surface area (Å²) in [6.07, 6.45) is 11.7. The third-order valence-corrected chi connectivity index (χ3v) is 16.6. The molecule has 6 aliphatic heterocycles. The summed E-state index contributed by atoms with van der Waals surface area (Å²) in [5.41, 5.74) is -1.39. The Kier molecular flexibility index (Phi) is 9.09. The molecule has 2 spiro atoms. The van der Waals surface area contributed by atoms with E-state index in [-0.39, 0.29) is 71.9 Å². The van der Waals surface area contributed by atoms with Crippen LogP contribution in [-0.4, -0.2) is 67.1 Å². The van der Waals surface area contributed by atoms with Crippen molar-refractivity contribution in [2.75, 3.05) is 20.3 Å². The van der Waals surface area contributed by atoms with Gasteiger partial charge in [-0.15, -0.1) is 0 Å². The van der Waals surface area contributed by atoms with Crippen LogP contribution in [-0.2, 0) is 47.2 Å². The first-order valence-corrected chi connectivity index (χ1v) is 20.8.